The first-order chi connectivity index (χ1) is 20.3. The topological polar surface area (TPSA) is 241 Å². The van der Waals surface area contributed by atoms with Gasteiger partial charge >= 0.3 is 5.97 Å². The van der Waals surface area contributed by atoms with Gasteiger partial charge in [-0.05, 0) is 37.3 Å². The molecule has 5 atom stereocenters. The number of fused-ring (bicyclic) bond motifs is 5. The summed E-state index contributed by atoms with van der Waals surface area (Å²) in [5.41, 5.74) is 6.53. The van der Waals surface area contributed by atoms with E-state index in [1.165, 1.54) is 0 Å². The van der Waals surface area contributed by atoms with Crippen molar-refractivity contribution in [1.82, 2.24) is 31.2 Å². The van der Waals surface area contributed by atoms with Gasteiger partial charge < -0.3 is 47.1 Å². The molecule has 1 aliphatic heterocycles. The predicted octanol–water partition coefficient (Wildman–Crippen LogP) is -1.31. The lowest BCUT2D eigenvalue weighted by atomic mass is 10.0. The molecule has 0 saturated carbocycles. The number of para-hydroxylation sites is 1. The van der Waals surface area contributed by atoms with E-state index < -0.39 is 66.4 Å². The van der Waals surface area contributed by atoms with Gasteiger partial charge in [0, 0.05) is 30.1 Å². The van der Waals surface area contributed by atoms with Gasteiger partial charge in [-0.3, -0.25) is 24.6 Å². The fourth-order valence-electron chi connectivity index (χ4n) is 4.91. The Morgan fingerprint density at radius 2 is 1.70 bits per heavy atom. The largest absolute Gasteiger partial charge is 0.480 e. The SMILES string of the molecule is CC(C)C1NC(=O)C(C)n2cc(c3ccccc32)CC(C(=O)O)NC(=O)C(CCCNC(=N)N)NC(=O)C(CO)NC1=O. The number of carboxylic acids is 1. The fourth-order valence-corrected chi connectivity index (χ4v) is 4.91. The minimum atomic E-state index is -1.46. The van der Waals surface area contributed by atoms with Crippen molar-refractivity contribution in [3.05, 3.63) is 36.0 Å². The zero-order chi connectivity index (χ0) is 31.8. The smallest absolute Gasteiger partial charge is 0.326 e. The summed E-state index contributed by atoms with van der Waals surface area (Å²) in [6.07, 6.45) is 1.83. The quantitative estimate of drug-likeness (QED) is 0.104. The van der Waals surface area contributed by atoms with E-state index in [2.05, 4.69) is 26.6 Å². The number of nitrogens with zero attached hydrogens (tertiary/aromatic N) is 1. The molecule has 1 aromatic heterocycles. The van der Waals surface area contributed by atoms with Crippen molar-refractivity contribution in [2.75, 3.05) is 13.2 Å². The number of amides is 4. The van der Waals surface area contributed by atoms with E-state index >= 15 is 0 Å². The van der Waals surface area contributed by atoms with Crippen LogP contribution in [0.3, 0.4) is 0 Å². The van der Waals surface area contributed by atoms with Crippen LogP contribution in [-0.4, -0.2) is 87.7 Å². The number of nitrogens with one attached hydrogen (secondary N) is 6. The molecule has 234 valence electrons. The number of aliphatic hydroxyl groups is 1. The summed E-state index contributed by atoms with van der Waals surface area (Å²) in [7, 11) is 0. The number of carbonyl (C=O) groups is 5. The number of hydrogen-bond acceptors (Lipinski definition) is 7. The zero-order valence-corrected chi connectivity index (χ0v) is 24.3. The third-order valence-electron chi connectivity index (χ3n) is 7.34. The van der Waals surface area contributed by atoms with Gasteiger partial charge in [0.1, 0.15) is 30.2 Å². The van der Waals surface area contributed by atoms with Crippen LogP contribution in [0.4, 0.5) is 0 Å². The summed E-state index contributed by atoms with van der Waals surface area (Å²) in [4.78, 5) is 65.4. The van der Waals surface area contributed by atoms with E-state index in [0.29, 0.717) is 16.5 Å². The molecule has 0 radical (unpaired) electrons. The number of carboxylic acid groups (broad SMARTS) is 1. The molecule has 3 rings (SSSR count). The molecule has 10 N–H and O–H groups in total. The minimum absolute atomic E-state index is 0.0256. The average Bonchev–Trinajstić information content (AvgIpc) is 3.32. The first kappa shape index (κ1) is 32.8. The van der Waals surface area contributed by atoms with E-state index in [0.717, 1.165) is 0 Å². The standard InChI is InChI=1S/C28H40N8O7/c1-14(2)22-26(41)34-20(13-37)25(40)32-18(8-6-10-31-28(29)30)24(39)33-19(27(42)43)11-16-12-36(15(3)23(38)35-22)21-9-5-4-7-17(16)21/h4-5,7,9,12,14-15,18-20,22,37H,6,8,10-11,13H2,1-3H3,(H,32,40)(H,33,39)(H,34,41)(H,35,38)(H,42,43)(H4,29,30,31). The third-order valence-corrected chi connectivity index (χ3v) is 7.34. The highest BCUT2D eigenvalue weighted by molar-refractivity contribution is 5.96. The Morgan fingerprint density at radius 1 is 1.05 bits per heavy atom. The van der Waals surface area contributed by atoms with Crippen LogP contribution >= 0.6 is 0 Å². The van der Waals surface area contributed by atoms with Crippen LogP contribution in [0, 0.1) is 11.3 Å². The van der Waals surface area contributed by atoms with Crippen molar-refractivity contribution in [3.63, 3.8) is 0 Å². The summed E-state index contributed by atoms with van der Waals surface area (Å²) in [6, 6.07) is 1.17. The van der Waals surface area contributed by atoms with E-state index in [-0.39, 0.29) is 37.7 Å². The van der Waals surface area contributed by atoms with Gasteiger partial charge in [0.15, 0.2) is 5.96 Å². The molecule has 1 aliphatic rings. The van der Waals surface area contributed by atoms with Crippen molar-refractivity contribution in [3.8, 4) is 0 Å². The Kier molecular flexibility index (Phi) is 11.1. The Labute approximate surface area is 248 Å². The first-order valence-corrected chi connectivity index (χ1v) is 14.1. The molecule has 0 fully saturated rings. The van der Waals surface area contributed by atoms with E-state index in [4.69, 9.17) is 11.1 Å². The van der Waals surface area contributed by atoms with Gasteiger partial charge in [0.05, 0.1) is 6.61 Å². The molecule has 0 spiro atoms. The number of guanidine groups is 1. The number of rotatable bonds is 7. The van der Waals surface area contributed by atoms with Crippen LogP contribution in [0.1, 0.15) is 45.2 Å². The minimum Gasteiger partial charge on any atom is -0.480 e. The van der Waals surface area contributed by atoms with E-state index in [1.54, 1.807) is 55.8 Å². The second kappa shape index (κ2) is 14.5. The van der Waals surface area contributed by atoms with Crippen molar-refractivity contribution in [2.45, 2.75) is 70.2 Å². The van der Waals surface area contributed by atoms with Gasteiger partial charge in [-0.2, -0.15) is 0 Å². The van der Waals surface area contributed by atoms with Crippen LogP contribution in [0.5, 0.6) is 0 Å². The number of carbonyl (C=O) groups excluding carboxylic acids is 4. The summed E-state index contributed by atoms with van der Waals surface area (Å²) in [5.74, 6) is -4.83. The van der Waals surface area contributed by atoms with Crippen molar-refractivity contribution >= 4 is 46.5 Å². The molecule has 15 nitrogen and oxygen atoms in total. The molecule has 0 aliphatic carbocycles. The number of benzene rings is 1. The maximum Gasteiger partial charge on any atom is 0.326 e. The Bertz CT molecular complexity index is 1370. The van der Waals surface area contributed by atoms with Gasteiger partial charge in [0.2, 0.25) is 23.6 Å². The maximum atomic E-state index is 13.4. The highest BCUT2D eigenvalue weighted by Gasteiger charge is 2.33. The normalized spacial score (nSPS) is 24.0. The number of hydrogen-bond donors (Lipinski definition) is 9. The number of aromatic nitrogens is 1. The van der Waals surface area contributed by atoms with Gasteiger partial charge in [-0.25, -0.2) is 4.79 Å². The van der Waals surface area contributed by atoms with Crippen LogP contribution in [0.25, 0.3) is 10.9 Å². The number of aliphatic hydroxyl groups excluding tert-OH is 1. The van der Waals surface area contributed by atoms with Crippen LogP contribution in [0.15, 0.2) is 30.5 Å². The Morgan fingerprint density at radius 3 is 2.33 bits per heavy atom. The first-order valence-electron chi connectivity index (χ1n) is 14.1. The van der Waals surface area contributed by atoms with Crippen molar-refractivity contribution in [2.24, 2.45) is 11.7 Å². The maximum absolute atomic E-state index is 13.4. The molecule has 0 saturated heterocycles. The van der Waals surface area contributed by atoms with Crippen molar-refractivity contribution < 1.29 is 34.2 Å². The molecule has 1 aromatic carbocycles. The molecule has 2 aromatic rings. The van der Waals surface area contributed by atoms with Gasteiger partial charge in [0.25, 0.3) is 0 Å². The van der Waals surface area contributed by atoms with Gasteiger partial charge in [-0.15, -0.1) is 0 Å². The molecule has 2 bridgehead atoms. The lowest BCUT2D eigenvalue weighted by molar-refractivity contribution is -0.142. The fraction of sp³-hybridized carbons (Fsp3) is 0.500. The molecular weight excluding hydrogens is 560 g/mol. The van der Waals surface area contributed by atoms with E-state index in [1.807, 2.05) is 0 Å². The lowest BCUT2D eigenvalue weighted by Gasteiger charge is -2.27. The highest BCUT2D eigenvalue weighted by Crippen LogP contribution is 2.26. The molecule has 43 heavy (non-hydrogen) atoms. The average molecular weight is 601 g/mol. The highest BCUT2D eigenvalue weighted by atomic mass is 16.4. The summed E-state index contributed by atoms with van der Waals surface area (Å²) < 4.78 is 1.68. The molecule has 4 amide bonds. The lowest BCUT2D eigenvalue weighted by Crippen LogP contribution is -2.59. The van der Waals surface area contributed by atoms with Crippen LogP contribution < -0.4 is 32.3 Å². The second-order valence-corrected chi connectivity index (χ2v) is 10.9. The van der Waals surface area contributed by atoms with E-state index in [9.17, 15) is 34.2 Å². The summed E-state index contributed by atoms with van der Waals surface area (Å²) in [5, 5.41) is 40.7. The zero-order valence-electron chi connectivity index (χ0n) is 24.3. The Hall–Kier alpha value is -4.66. The van der Waals surface area contributed by atoms with Gasteiger partial charge in [-0.1, -0.05) is 32.0 Å². The van der Waals surface area contributed by atoms with Crippen LogP contribution in [0.2, 0.25) is 0 Å². The Balaban J connectivity index is 2.06. The second-order valence-electron chi connectivity index (χ2n) is 10.9. The molecular formula is C28H40N8O7. The molecule has 5 unspecified atom stereocenters. The third kappa shape index (κ3) is 8.22. The van der Waals surface area contributed by atoms with Crippen LogP contribution in [-0.2, 0) is 30.4 Å². The monoisotopic (exact) mass is 600 g/mol. The summed E-state index contributed by atoms with van der Waals surface area (Å²) >= 11 is 0. The summed E-state index contributed by atoms with van der Waals surface area (Å²) in [6.45, 7) is 4.47. The predicted molar refractivity (Wildman–Crippen MR) is 157 cm³/mol. The molecule has 15 heteroatoms. The number of nitrogens with two attached hydrogens (primary N) is 1. The number of aliphatic carboxylic acids is 1. The molecule has 2 heterocycles. The van der Waals surface area contributed by atoms with Crippen molar-refractivity contribution in [1.29, 1.82) is 5.41 Å².